The lowest BCUT2D eigenvalue weighted by molar-refractivity contribution is 0.0714. The molecule has 20 heavy (non-hydrogen) atoms. The summed E-state index contributed by atoms with van der Waals surface area (Å²) >= 11 is 0. The van der Waals surface area contributed by atoms with Crippen molar-refractivity contribution >= 4 is 0 Å². The largest absolute Gasteiger partial charge is 0.329 e. The predicted octanol–water partition coefficient (Wildman–Crippen LogP) is 2.70. The molecule has 2 fully saturated rings. The van der Waals surface area contributed by atoms with Gasteiger partial charge in [0.05, 0.1) is 0 Å². The summed E-state index contributed by atoms with van der Waals surface area (Å²) < 4.78 is 0. The van der Waals surface area contributed by atoms with Crippen molar-refractivity contribution in [3.63, 3.8) is 0 Å². The van der Waals surface area contributed by atoms with Crippen LogP contribution in [0, 0.1) is 5.92 Å². The van der Waals surface area contributed by atoms with Crippen LogP contribution in [0.1, 0.15) is 58.3 Å². The van der Waals surface area contributed by atoms with Gasteiger partial charge in [-0.05, 0) is 58.3 Å². The van der Waals surface area contributed by atoms with Gasteiger partial charge in [-0.25, -0.2) is 0 Å². The van der Waals surface area contributed by atoms with Gasteiger partial charge in [-0.3, -0.25) is 4.90 Å². The first-order chi connectivity index (χ1) is 9.76. The third-order valence-corrected chi connectivity index (χ3v) is 5.79. The molecule has 3 nitrogen and oxygen atoms in total. The standard InChI is InChI=1S/C17H35N3/c1-3-20-12-10-16(11-13-20)19(2)17(14-18)15-8-6-4-5-7-9-15/h15-17H,3-14,18H2,1-2H3. The van der Waals surface area contributed by atoms with Crippen LogP contribution >= 0.6 is 0 Å². The molecule has 1 saturated carbocycles. The molecule has 0 spiro atoms. The van der Waals surface area contributed by atoms with E-state index >= 15 is 0 Å². The van der Waals surface area contributed by atoms with Crippen molar-refractivity contribution in [3.05, 3.63) is 0 Å². The molecule has 0 aromatic heterocycles. The summed E-state index contributed by atoms with van der Waals surface area (Å²) in [6.45, 7) is 6.87. The summed E-state index contributed by atoms with van der Waals surface area (Å²) in [5.74, 6) is 0.844. The fourth-order valence-corrected chi connectivity index (χ4v) is 4.30. The quantitative estimate of drug-likeness (QED) is 0.787. The highest BCUT2D eigenvalue weighted by atomic mass is 15.2. The highest BCUT2D eigenvalue weighted by molar-refractivity contribution is 4.86. The second-order valence-electron chi connectivity index (χ2n) is 6.89. The first kappa shape index (κ1) is 16.3. The minimum absolute atomic E-state index is 0.617. The maximum atomic E-state index is 6.16. The molecular weight excluding hydrogens is 246 g/mol. The van der Waals surface area contributed by atoms with Crippen LogP contribution < -0.4 is 5.73 Å². The van der Waals surface area contributed by atoms with Gasteiger partial charge in [-0.15, -0.1) is 0 Å². The van der Waals surface area contributed by atoms with Crippen LogP contribution in [-0.4, -0.2) is 55.1 Å². The van der Waals surface area contributed by atoms with Gasteiger partial charge in [0.15, 0.2) is 0 Å². The summed E-state index contributed by atoms with van der Waals surface area (Å²) in [5.41, 5.74) is 6.16. The fraction of sp³-hybridized carbons (Fsp3) is 1.00. The molecule has 2 aliphatic rings. The Bertz CT molecular complexity index is 253. The lowest BCUT2D eigenvalue weighted by Crippen LogP contribution is -2.52. The second kappa shape index (κ2) is 8.35. The Morgan fingerprint density at radius 3 is 2.15 bits per heavy atom. The average Bonchev–Trinajstić information content (AvgIpc) is 2.77. The number of piperidine rings is 1. The minimum Gasteiger partial charge on any atom is -0.329 e. The molecule has 1 unspecified atom stereocenters. The normalized spacial score (nSPS) is 25.8. The molecule has 1 aliphatic heterocycles. The maximum absolute atomic E-state index is 6.16. The highest BCUT2D eigenvalue weighted by Crippen LogP contribution is 2.29. The molecule has 3 heteroatoms. The Labute approximate surface area is 125 Å². The zero-order valence-electron chi connectivity index (χ0n) is 13.7. The predicted molar refractivity (Wildman–Crippen MR) is 86.9 cm³/mol. The smallest absolute Gasteiger partial charge is 0.0246 e. The van der Waals surface area contributed by atoms with Crippen molar-refractivity contribution in [1.29, 1.82) is 0 Å². The summed E-state index contributed by atoms with van der Waals surface area (Å²) in [4.78, 5) is 5.23. The lowest BCUT2D eigenvalue weighted by atomic mass is 9.89. The Balaban J connectivity index is 1.89. The summed E-state index contributed by atoms with van der Waals surface area (Å²) in [7, 11) is 2.34. The first-order valence-corrected chi connectivity index (χ1v) is 8.90. The van der Waals surface area contributed by atoms with Gasteiger partial charge in [0.25, 0.3) is 0 Å². The van der Waals surface area contributed by atoms with E-state index in [1.165, 1.54) is 71.0 Å². The van der Waals surface area contributed by atoms with Crippen LogP contribution in [0.5, 0.6) is 0 Å². The average molecular weight is 281 g/mol. The van der Waals surface area contributed by atoms with Gasteiger partial charge in [-0.1, -0.05) is 32.6 Å². The van der Waals surface area contributed by atoms with E-state index in [9.17, 15) is 0 Å². The van der Waals surface area contributed by atoms with Gasteiger partial charge in [0.2, 0.25) is 0 Å². The molecule has 1 heterocycles. The molecule has 1 aliphatic carbocycles. The van der Waals surface area contributed by atoms with Gasteiger partial charge in [-0.2, -0.15) is 0 Å². The number of likely N-dealkylation sites (N-methyl/N-ethyl adjacent to an activating group) is 1. The number of nitrogens with two attached hydrogens (primary N) is 1. The van der Waals surface area contributed by atoms with Crippen molar-refractivity contribution in [1.82, 2.24) is 9.80 Å². The fourth-order valence-electron chi connectivity index (χ4n) is 4.30. The van der Waals surface area contributed by atoms with E-state index in [1.807, 2.05) is 0 Å². The maximum Gasteiger partial charge on any atom is 0.0246 e. The molecule has 0 bridgehead atoms. The van der Waals surface area contributed by atoms with Crippen molar-refractivity contribution in [2.24, 2.45) is 11.7 Å². The van der Waals surface area contributed by atoms with E-state index in [4.69, 9.17) is 5.73 Å². The summed E-state index contributed by atoms with van der Waals surface area (Å²) in [5, 5.41) is 0. The molecule has 1 atom stereocenters. The Morgan fingerprint density at radius 2 is 1.65 bits per heavy atom. The van der Waals surface area contributed by atoms with Crippen molar-refractivity contribution in [2.75, 3.05) is 33.2 Å². The molecule has 2 N–H and O–H groups in total. The van der Waals surface area contributed by atoms with Gasteiger partial charge in [0, 0.05) is 18.6 Å². The number of hydrogen-bond acceptors (Lipinski definition) is 3. The van der Waals surface area contributed by atoms with E-state index in [0.717, 1.165) is 18.5 Å². The highest BCUT2D eigenvalue weighted by Gasteiger charge is 2.30. The minimum atomic E-state index is 0.617. The van der Waals surface area contributed by atoms with Crippen molar-refractivity contribution in [2.45, 2.75) is 70.4 Å². The molecular formula is C17H35N3. The molecule has 0 aromatic rings. The zero-order chi connectivity index (χ0) is 14.4. The van der Waals surface area contributed by atoms with Crippen LogP contribution in [0.3, 0.4) is 0 Å². The number of hydrogen-bond donors (Lipinski definition) is 1. The molecule has 118 valence electrons. The second-order valence-corrected chi connectivity index (χ2v) is 6.89. The van der Waals surface area contributed by atoms with Crippen LogP contribution in [0.15, 0.2) is 0 Å². The van der Waals surface area contributed by atoms with Crippen LogP contribution in [0.2, 0.25) is 0 Å². The van der Waals surface area contributed by atoms with Crippen LogP contribution in [0.4, 0.5) is 0 Å². The van der Waals surface area contributed by atoms with E-state index in [2.05, 4.69) is 23.8 Å². The van der Waals surface area contributed by atoms with Crippen LogP contribution in [-0.2, 0) is 0 Å². The van der Waals surface area contributed by atoms with Crippen molar-refractivity contribution in [3.8, 4) is 0 Å². The Morgan fingerprint density at radius 1 is 1.05 bits per heavy atom. The van der Waals surface area contributed by atoms with E-state index in [-0.39, 0.29) is 0 Å². The number of rotatable bonds is 5. The molecule has 0 amide bonds. The zero-order valence-corrected chi connectivity index (χ0v) is 13.7. The van der Waals surface area contributed by atoms with Gasteiger partial charge in [0.1, 0.15) is 0 Å². The molecule has 0 radical (unpaired) electrons. The molecule has 0 aromatic carbocycles. The third kappa shape index (κ3) is 4.19. The first-order valence-electron chi connectivity index (χ1n) is 8.90. The Kier molecular flexibility index (Phi) is 6.79. The van der Waals surface area contributed by atoms with Crippen LogP contribution in [0.25, 0.3) is 0 Å². The summed E-state index contributed by atoms with van der Waals surface area (Å²) in [6, 6.07) is 1.38. The van der Waals surface area contributed by atoms with Gasteiger partial charge >= 0.3 is 0 Å². The number of likely N-dealkylation sites (tertiary alicyclic amines) is 1. The monoisotopic (exact) mass is 281 g/mol. The van der Waals surface area contributed by atoms with E-state index in [1.54, 1.807) is 0 Å². The van der Waals surface area contributed by atoms with E-state index in [0.29, 0.717) is 6.04 Å². The molecule has 1 saturated heterocycles. The van der Waals surface area contributed by atoms with Crippen molar-refractivity contribution < 1.29 is 0 Å². The summed E-state index contributed by atoms with van der Waals surface area (Å²) in [6.07, 6.45) is 11.2. The van der Waals surface area contributed by atoms with E-state index < -0.39 is 0 Å². The SMILES string of the molecule is CCN1CCC(N(C)C(CN)C2CCCCCC2)CC1. The third-order valence-electron chi connectivity index (χ3n) is 5.79. The topological polar surface area (TPSA) is 32.5 Å². The Hall–Kier alpha value is -0.120. The number of nitrogens with zero attached hydrogens (tertiary/aromatic N) is 2. The lowest BCUT2D eigenvalue weighted by Gasteiger charge is -2.42. The van der Waals surface area contributed by atoms with Gasteiger partial charge < -0.3 is 10.6 Å². The molecule has 2 rings (SSSR count).